The molecule has 0 bridgehead atoms. The second-order valence-electron chi connectivity index (χ2n) is 7.73. The maximum atomic E-state index is 12.9. The van der Waals surface area contributed by atoms with Gasteiger partial charge < -0.3 is 20.4 Å². The SMILES string of the molecule is CCCC[C@@H](O)C(O)CNC(=O)C1=CC(C(=O)N(CCC)CCC)=CCC(C)=C1. The van der Waals surface area contributed by atoms with E-state index in [4.69, 9.17) is 0 Å². The van der Waals surface area contributed by atoms with E-state index in [1.165, 1.54) is 0 Å². The Hall–Kier alpha value is -1.92. The van der Waals surface area contributed by atoms with Crippen LogP contribution >= 0.6 is 0 Å². The molecule has 1 rings (SSSR count). The molecule has 0 aromatic carbocycles. The maximum absolute atomic E-state index is 12.9. The Kier molecular flexibility index (Phi) is 11.5. The Labute approximate surface area is 175 Å². The van der Waals surface area contributed by atoms with Crippen LogP contribution in [-0.4, -0.2) is 58.8 Å². The Bertz CT molecular complexity index is 631. The van der Waals surface area contributed by atoms with E-state index in [1.807, 2.05) is 38.7 Å². The fourth-order valence-electron chi connectivity index (χ4n) is 3.22. The van der Waals surface area contributed by atoms with Crippen molar-refractivity contribution in [3.8, 4) is 0 Å². The van der Waals surface area contributed by atoms with Gasteiger partial charge in [-0.3, -0.25) is 9.59 Å². The number of unbranched alkanes of at least 4 members (excludes halogenated alkanes) is 1. The number of aliphatic hydroxyl groups excluding tert-OH is 2. The number of rotatable bonds is 12. The van der Waals surface area contributed by atoms with Gasteiger partial charge in [-0.2, -0.15) is 0 Å². The van der Waals surface area contributed by atoms with Crippen molar-refractivity contribution in [1.29, 1.82) is 0 Å². The lowest BCUT2D eigenvalue weighted by molar-refractivity contribution is -0.126. The number of nitrogens with zero attached hydrogens (tertiary/aromatic N) is 1. The molecule has 6 nitrogen and oxygen atoms in total. The molecule has 1 aliphatic carbocycles. The maximum Gasteiger partial charge on any atom is 0.253 e. The van der Waals surface area contributed by atoms with Gasteiger partial charge in [-0.1, -0.05) is 51.3 Å². The van der Waals surface area contributed by atoms with Crippen LogP contribution in [0.3, 0.4) is 0 Å². The molecule has 0 saturated heterocycles. The molecule has 164 valence electrons. The molecule has 0 aromatic rings. The van der Waals surface area contributed by atoms with Crippen LogP contribution in [0.2, 0.25) is 0 Å². The van der Waals surface area contributed by atoms with Gasteiger partial charge in [-0.25, -0.2) is 0 Å². The van der Waals surface area contributed by atoms with Gasteiger partial charge in [0, 0.05) is 30.8 Å². The lowest BCUT2D eigenvalue weighted by Gasteiger charge is -2.22. The van der Waals surface area contributed by atoms with Crippen LogP contribution in [0.4, 0.5) is 0 Å². The van der Waals surface area contributed by atoms with Gasteiger partial charge in [0.1, 0.15) is 0 Å². The van der Waals surface area contributed by atoms with Crippen LogP contribution in [0.25, 0.3) is 0 Å². The van der Waals surface area contributed by atoms with E-state index in [0.717, 1.165) is 31.3 Å². The van der Waals surface area contributed by atoms with E-state index in [2.05, 4.69) is 5.32 Å². The molecule has 2 atom stereocenters. The number of aliphatic hydroxyl groups is 2. The summed E-state index contributed by atoms with van der Waals surface area (Å²) in [5.41, 5.74) is 1.90. The highest BCUT2D eigenvalue weighted by Crippen LogP contribution is 2.19. The minimum Gasteiger partial charge on any atom is -0.390 e. The smallest absolute Gasteiger partial charge is 0.253 e. The molecule has 0 heterocycles. The van der Waals surface area contributed by atoms with E-state index < -0.39 is 12.2 Å². The molecular weight excluding hydrogens is 368 g/mol. The number of hydrogen-bond donors (Lipinski definition) is 3. The standard InChI is InChI=1S/C23H38N2O4/c1-5-8-9-20(26)21(27)16-24-22(28)19-14-17(4)10-11-18(15-19)23(29)25(12-6-2)13-7-3/h11,14-15,20-21,26-27H,5-10,12-13,16H2,1-4H3,(H,24,28)/t20-,21?/m1/s1. The van der Waals surface area contributed by atoms with E-state index in [0.29, 0.717) is 37.1 Å². The summed E-state index contributed by atoms with van der Waals surface area (Å²) in [6, 6.07) is 0. The molecule has 29 heavy (non-hydrogen) atoms. The Morgan fingerprint density at radius 3 is 2.28 bits per heavy atom. The quantitative estimate of drug-likeness (QED) is 0.465. The van der Waals surface area contributed by atoms with Crippen molar-refractivity contribution in [2.45, 2.75) is 78.4 Å². The molecule has 0 radical (unpaired) electrons. The largest absolute Gasteiger partial charge is 0.390 e. The van der Waals surface area contributed by atoms with Crippen molar-refractivity contribution in [3.05, 3.63) is 34.9 Å². The number of hydrogen-bond acceptors (Lipinski definition) is 4. The van der Waals surface area contributed by atoms with Gasteiger partial charge in [0.25, 0.3) is 11.8 Å². The molecule has 0 saturated carbocycles. The van der Waals surface area contributed by atoms with Gasteiger partial charge >= 0.3 is 0 Å². The summed E-state index contributed by atoms with van der Waals surface area (Å²) in [4.78, 5) is 27.4. The summed E-state index contributed by atoms with van der Waals surface area (Å²) >= 11 is 0. The van der Waals surface area contributed by atoms with Crippen molar-refractivity contribution in [3.63, 3.8) is 0 Å². The molecule has 1 unspecified atom stereocenters. The van der Waals surface area contributed by atoms with Crippen LogP contribution < -0.4 is 5.32 Å². The molecule has 6 heteroatoms. The molecule has 2 amide bonds. The normalized spacial score (nSPS) is 16.1. The van der Waals surface area contributed by atoms with Gasteiger partial charge in [0.05, 0.1) is 12.2 Å². The van der Waals surface area contributed by atoms with Crippen LogP contribution in [0, 0.1) is 0 Å². The Morgan fingerprint density at radius 1 is 1.03 bits per heavy atom. The summed E-state index contributed by atoms with van der Waals surface area (Å²) in [5, 5.41) is 22.7. The average molecular weight is 407 g/mol. The first kappa shape index (κ1) is 25.1. The summed E-state index contributed by atoms with van der Waals surface area (Å²) in [5.74, 6) is -0.415. The van der Waals surface area contributed by atoms with Crippen molar-refractivity contribution in [2.75, 3.05) is 19.6 Å². The van der Waals surface area contributed by atoms with Crippen molar-refractivity contribution in [2.24, 2.45) is 0 Å². The first-order chi connectivity index (χ1) is 13.8. The topological polar surface area (TPSA) is 89.9 Å². The Morgan fingerprint density at radius 2 is 1.69 bits per heavy atom. The first-order valence-corrected chi connectivity index (χ1v) is 10.9. The van der Waals surface area contributed by atoms with E-state index in [-0.39, 0.29) is 18.4 Å². The second kappa shape index (κ2) is 13.3. The number of allylic oxidation sites excluding steroid dienone is 2. The molecular formula is C23H38N2O4. The average Bonchev–Trinajstić information content (AvgIpc) is 2.90. The highest BCUT2D eigenvalue weighted by Gasteiger charge is 2.21. The zero-order valence-corrected chi connectivity index (χ0v) is 18.4. The molecule has 0 fully saturated rings. The van der Waals surface area contributed by atoms with E-state index in [9.17, 15) is 19.8 Å². The monoisotopic (exact) mass is 406 g/mol. The van der Waals surface area contributed by atoms with Crippen molar-refractivity contribution < 1.29 is 19.8 Å². The van der Waals surface area contributed by atoms with Crippen LogP contribution in [0.5, 0.6) is 0 Å². The second-order valence-corrected chi connectivity index (χ2v) is 7.73. The highest BCUT2D eigenvalue weighted by molar-refractivity contribution is 6.02. The number of carbonyl (C=O) groups excluding carboxylic acids is 2. The zero-order chi connectivity index (χ0) is 21.8. The fourth-order valence-corrected chi connectivity index (χ4v) is 3.22. The molecule has 0 aromatic heterocycles. The first-order valence-electron chi connectivity index (χ1n) is 10.9. The summed E-state index contributed by atoms with van der Waals surface area (Å²) in [7, 11) is 0. The third-order valence-electron chi connectivity index (χ3n) is 4.91. The fraction of sp³-hybridized carbons (Fsp3) is 0.652. The predicted molar refractivity (Wildman–Crippen MR) is 116 cm³/mol. The number of carbonyl (C=O) groups is 2. The minimum atomic E-state index is -1.01. The number of nitrogens with one attached hydrogen (secondary N) is 1. The predicted octanol–water partition coefficient (Wildman–Crippen LogP) is 2.87. The molecule has 0 aliphatic heterocycles. The third kappa shape index (κ3) is 8.54. The van der Waals surface area contributed by atoms with Gasteiger partial charge in [-0.15, -0.1) is 0 Å². The molecule has 0 spiro atoms. The third-order valence-corrected chi connectivity index (χ3v) is 4.91. The number of amides is 2. The summed E-state index contributed by atoms with van der Waals surface area (Å²) in [6.07, 6.45) is 8.04. The van der Waals surface area contributed by atoms with Crippen molar-refractivity contribution >= 4 is 11.8 Å². The van der Waals surface area contributed by atoms with Crippen LogP contribution in [0.15, 0.2) is 34.9 Å². The molecule has 1 aliphatic rings. The zero-order valence-electron chi connectivity index (χ0n) is 18.4. The molecule has 3 N–H and O–H groups in total. The highest BCUT2D eigenvalue weighted by atomic mass is 16.3. The summed E-state index contributed by atoms with van der Waals surface area (Å²) in [6.45, 7) is 9.36. The van der Waals surface area contributed by atoms with E-state index >= 15 is 0 Å². The van der Waals surface area contributed by atoms with Crippen LogP contribution in [0.1, 0.15) is 66.2 Å². The van der Waals surface area contributed by atoms with Gasteiger partial charge in [-0.05, 0) is 38.7 Å². The minimum absolute atomic E-state index is 0.0290. The van der Waals surface area contributed by atoms with Crippen LogP contribution in [-0.2, 0) is 9.59 Å². The van der Waals surface area contributed by atoms with E-state index in [1.54, 1.807) is 12.2 Å². The lowest BCUT2D eigenvalue weighted by atomic mass is 10.1. The Balaban J connectivity index is 2.86. The van der Waals surface area contributed by atoms with Gasteiger partial charge in [0.2, 0.25) is 0 Å². The summed E-state index contributed by atoms with van der Waals surface area (Å²) < 4.78 is 0. The van der Waals surface area contributed by atoms with Gasteiger partial charge in [0.15, 0.2) is 0 Å². The van der Waals surface area contributed by atoms with Crippen molar-refractivity contribution in [1.82, 2.24) is 10.2 Å². The lowest BCUT2D eigenvalue weighted by Crippen LogP contribution is -2.39.